The Kier molecular flexibility index (Phi) is 17.5. The normalized spacial score (nSPS) is 17.8. The number of hydrogen-bond donors (Lipinski definition) is 7. The first-order valence-corrected chi connectivity index (χ1v) is 26.4. The number of H-pyrrole nitrogens is 1. The number of methoxy groups -OCH3 is 1. The van der Waals surface area contributed by atoms with Crippen molar-refractivity contribution in [3.05, 3.63) is 87.9 Å². The van der Waals surface area contributed by atoms with Gasteiger partial charge in [0.2, 0.25) is 23.6 Å². The highest BCUT2D eigenvalue weighted by Gasteiger charge is 2.45. The summed E-state index contributed by atoms with van der Waals surface area (Å²) in [6.07, 6.45) is 8.10. The number of aryl methyl sites for hydroxylation is 3. The number of aliphatic hydroxyl groups is 1. The number of carbonyl (C=O) groups is 5. The minimum Gasteiger partial charge on any atom is -0.494 e. The second-order valence-electron chi connectivity index (χ2n) is 21.1. The van der Waals surface area contributed by atoms with Gasteiger partial charge in [-0.05, 0) is 80.3 Å². The van der Waals surface area contributed by atoms with Crippen molar-refractivity contribution < 1.29 is 33.8 Å². The van der Waals surface area contributed by atoms with Gasteiger partial charge in [-0.1, -0.05) is 39.7 Å². The third-order valence-electron chi connectivity index (χ3n) is 14.3. The number of piperazine rings is 1. The Balaban J connectivity index is 0.761. The molecular weight excluding hydrogens is 987 g/mol. The number of fused-ring (bicyclic) bond motifs is 1. The number of aromatic amines is 1. The van der Waals surface area contributed by atoms with Gasteiger partial charge in [0.1, 0.15) is 24.2 Å². The van der Waals surface area contributed by atoms with Gasteiger partial charge in [0.15, 0.2) is 23.1 Å². The van der Waals surface area contributed by atoms with Gasteiger partial charge in [0.25, 0.3) is 11.5 Å². The molecule has 0 bridgehead atoms. The predicted octanol–water partition coefficient (Wildman–Crippen LogP) is 4.19. The van der Waals surface area contributed by atoms with Crippen LogP contribution in [0.4, 0.5) is 28.7 Å². The van der Waals surface area contributed by atoms with Crippen LogP contribution in [0.5, 0.6) is 5.75 Å². The Morgan fingerprint density at radius 1 is 0.922 bits per heavy atom. The number of nitrogens with zero attached hydrogens (tertiary/aromatic N) is 9. The summed E-state index contributed by atoms with van der Waals surface area (Å²) in [7, 11) is 4.84. The molecule has 4 aromatic heterocycles. The van der Waals surface area contributed by atoms with E-state index in [1.807, 2.05) is 62.1 Å². The highest BCUT2D eigenvalue weighted by molar-refractivity contribution is 5.99. The fourth-order valence-corrected chi connectivity index (χ4v) is 10.2. The van der Waals surface area contributed by atoms with E-state index in [9.17, 15) is 33.9 Å². The highest BCUT2D eigenvalue weighted by atomic mass is 16.5. The molecule has 23 heteroatoms. The zero-order valence-electron chi connectivity index (χ0n) is 44.9. The molecule has 0 radical (unpaired) electrons. The van der Waals surface area contributed by atoms with E-state index in [-0.39, 0.29) is 54.4 Å². The minimum absolute atomic E-state index is 0.0228. The molecule has 0 spiro atoms. The van der Waals surface area contributed by atoms with E-state index in [1.54, 1.807) is 44.4 Å². The molecule has 6 heterocycles. The third kappa shape index (κ3) is 13.4. The van der Waals surface area contributed by atoms with Gasteiger partial charge in [-0.2, -0.15) is 5.10 Å². The number of aliphatic hydroxyl groups excluding tert-OH is 1. The van der Waals surface area contributed by atoms with Crippen LogP contribution >= 0.6 is 0 Å². The van der Waals surface area contributed by atoms with E-state index < -0.39 is 35.4 Å². The quantitative estimate of drug-likeness (QED) is 0.0571. The van der Waals surface area contributed by atoms with Gasteiger partial charge in [-0.15, -0.1) is 10.2 Å². The summed E-state index contributed by atoms with van der Waals surface area (Å²) >= 11 is 0. The lowest BCUT2D eigenvalue weighted by molar-refractivity contribution is -0.144. The topological polar surface area (TPSA) is 287 Å². The number of aromatic nitrogens is 7. The van der Waals surface area contributed by atoms with Gasteiger partial charge >= 0.3 is 0 Å². The van der Waals surface area contributed by atoms with Crippen LogP contribution in [0.2, 0.25) is 0 Å². The lowest BCUT2D eigenvalue weighted by Crippen LogP contribution is -2.58. The molecule has 0 saturated carbocycles. The van der Waals surface area contributed by atoms with Crippen molar-refractivity contribution in [2.24, 2.45) is 12.5 Å². The Labute approximate surface area is 447 Å². The van der Waals surface area contributed by atoms with Crippen molar-refractivity contribution in [3.63, 3.8) is 0 Å². The molecule has 5 amide bonds. The number of benzene rings is 1. The maximum Gasteiger partial charge on any atom is 0.273 e. The Hall–Kier alpha value is -7.95. The van der Waals surface area contributed by atoms with Crippen molar-refractivity contribution in [1.82, 2.24) is 60.7 Å². The molecule has 0 unspecified atom stereocenters. The van der Waals surface area contributed by atoms with E-state index in [1.165, 1.54) is 11.9 Å². The summed E-state index contributed by atoms with van der Waals surface area (Å²) in [4.78, 5) is 97.0. The van der Waals surface area contributed by atoms with Crippen LogP contribution in [0, 0.1) is 12.3 Å². The maximum absolute atomic E-state index is 14.2. The summed E-state index contributed by atoms with van der Waals surface area (Å²) in [6.45, 7) is 9.70. The number of para-hydroxylation sites is 1. The number of anilines is 5. The number of carbonyl (C=O) groups excluding carboxylic acids is 5. The van der Waals surface area contributed by atoms with Gasteiger partial charge in [-0.25, -0.2) is 9.97 Å². The lowest BCUT2D eigenvalue weighted by Gasteiger charge is -2.36. The number of hydrogen-bond acceptors (Lipinski definition) is 16. The summed E-state index contributed by atoms with van der Waals surface area (Å²) in [6, 6.07) is 10.6. The van der Waals surface area contributed by atoms with Crippen LogP contribution in [-0.4, -0.2) is 144 Å². The molecule has 8 rings (SSSR count). The molecule has 1 aliphatic carbocycles. The first kappa shape index (κ1) is 55.3. The fraction of sp³-hybridized carbons (Fsp3) is 0.500. The monoisotopic (exact) mass is 1060 g/mol. The van der Waals surface area contributed by atoms with Gasteiger partial charge in [0.05, 0.1) is 48.1 Å². The standard InChI is InChI=1S/C54H71N15O8/c1-32-26-36-37(59-50(32)73)15-13-16-38(36)60-51(74)41-27-34(70)30-69(41)53(76)48(54(2,3)4)62-44(71)18-10-8-9-11-19-45(72)68-24-22-67(23-25-68)33-20-21-42(56-29-33)61-43-28-40(46(64-63-43)52(75)55-5)58-39-17-12-14-35(47(39)77-7)49-57-31-66(6)65-49/h12,14,17,20-21,26,28-29,31,34,38,41,48,70H,8-11,13,15-16,18-19,22-25,27,30H2,1-7H3,(H,55,75)(H,59,73)(H,60,74)(H,62,71)(H2,56,58,61,63)/t34-,38+,41+,48-/m1/s1. The number of β-amino-alcohol motifs (C(OH)–C–C–N with tert-alkyl or cyclic N) is 1. The lowest BCUT2D eigenvalue weighted by atomic mass is 9.85. The van der Waals surface area contributed by atoms with Crippen molar-refractivity contribution in [1.29, 1.82) is 0 Å². The molecule has 4 atom stereocenters. The second-order valence-corrected chi connectivity index (χ2v) is 21.1. The van der Waals surface area contributed by atoms with Crippen LogP contribution in [0.1, 0.15) is 112 Å². The fourth-order valence-electron chi connectivity index (χ4n) is 10.2. The van der Waals surface area contributed by atoms with E-state index in [4.69, 9.17) is 4.74 Å². The van der Waals surface area contributed by atoms with E-state index in [0.29, 0.717) is 104 Å². The molecule has 77 heavy (non-hydrogen) atoms. The molecular formula is C54H71N15O8. The van der Waals surface area contributed by atoms with Crippen LogP contribution in [0.3, 0.4) is 0 Å². The zero-order chi connectivity index (χ0) is 55.0. The van der Waals surface area contributed by atoms with Crippen LogP contribution in [0.15, 0.2) is 59.8 Å². The Bertz CT molecular complexity index is 3000. The Morgan fingerprint density at radius 2 is 1.69 bits per heavy atom. The van der Waals surface area contributed by atoms with Crippen LogP contribution < -0.4 is 41.8 Å². The summed E-state index contributed by atoms with van der Waals surface area (Å²) in [5, 5.41) is 38.7. The third-order valence-corrected chi connectivity index (χ3v) is 14.3. The molecule has 3 aliphatic rings. The summed E-state index contributed by atoms with van der Waals surface area (Å²) < 4.78 is 7.36. The second kappa shape index (κ2) is 24.4. The first-order chi connectivity index (χ1) is 36.9. The average molecular weight is 1060 g/mol. The highest BCUT2D eigenvalue weighted by Crippen LogP contribution is 2.38. The van der Waals surface area contributed by atoms with Crippen LogP contribution in [-0.2, 0) is 32.6 Å². The molecule has 2 fully saturated rings. The number of ether oxygens (including phenoxy) is 1. The number of unbranched alkanes of at least 4 members (excludes halogenated alkanes) is 3. The zero-order valence-corrected chi connectivity index (χ0v) is 44.9. The smallest absolute Gasteiger partial charge is 0.273 e. The molecule has 410 valence electrons. The SMILES string of the molecule is CNC(=O)c1nnc(Nc2ccc(N3CCN(C(=O)CCCCCCC(=O)N[C@H](C(=O)N4C[C@H](O)C[C@H]4C(=O)N[C@H]4CCCc5[nH]c(=O)c(C)cc54)C(C)(C)C)CC3)cn2)cc1Nc1cccc(-c2ncn(C)n2)c1OC. The number of pyridine rings is 2. The van der Waals surface area contributed by atoms with Crippen LogP contribution in [0.25, 0.3) is 11.4 Å². The molecule has 2 aliphatic heterocycles. The van der Waals surface area contributed by atoms with Gasteiger partial charge in [-0.3, -0.25) is 33.4 Å². The molecule has 2 saturated heterocycles. The molecule has 23 nitrogen and oxygen atoms in total. The summed E-state index contributed by atoms with van der Waals surface area (Å²) in [5.41, 5.74) is 3.95. The number of likely N-dealkylation sites (tertiary alicyclic amines) is 1. The molecule has 5 aromatic rings. The Morgan fingerprint density at radius 3 is 2.38 bits per heavy atom. The minimum atomic E-state index is -0.928. The predicted molar refractivity (Wildman–Crippen MR) is 289 cm³/mol. The molecule has 7 N–H and O–H groups in total. The van der Waals surface area contributed by atoms with Gasteiger partial charge in [0, 0.05) is 83.4 Å². The number of rotatable bonds is 19. The average Bonchev–Trinajstić information content (AvgIpc) is 4.04. The van der Waals surface area contributed by atoms with Gasteiger partial charge < -0.3 is 56.1 Å². The summed E-state index contributed by atoms with van der Waals surface area (Å²) in [5.74, 6) is 0.396. The number of nitrogens with one attached hydrogen (secondary N) is 6. The maximum atomic E-state index is 14.2. The van der Waals surface area contributed by atoms with Crippen molar-refractivity contribution in [2.75, 3.05) is 62.4 Å². The van der Waals surface area contributed by atoms with Crippen molar-refractivity contribution in [2.45, 2.75) is 116 Å². The largest absolute Gasteiger partial charge is 0.494 e. The molecule has 1 aromatic carbocycles. The number of amides is 5. The van der Waals surface area contributed by atoms with Crippen molar-refractivity contribution in [3.8, 4) is 17.1 Å². The van der Waals surface area contributed by atoms with Crippen molar-refractivity contribution >= 4 is 58.2 Å². The van der Waals surface area contributed by atoms with E-state index >= 15 is 0 Å². The first-order valence-electron chi connectivity index (χ1n) is 26.4. The van der Waals surface area contributed by atoms with E-state index in [0.717, 1.165) is 36.2 Å². The van der Waals surface area contributed by atoms with E-state index in [2.05, 4.69) is 61.7 Å².